The summed E-state index contributed by atoms with van der Waals surface area (Å²) in [7, 11) is -15.9. The van der Waals surface area contributed by atoms with Gasteiger partial charge in [0.1, 0.15) is 11.9 Å². The van der Waals surface area contributed by atoms with Crippen LogP contribution >= 0.6 is 23.2 Å². The van der Waals surface area contributed by atoms with Crippen molar-refractivity contribution in [1.82, 2.24) is 14.6 Å². The molecule has 2 heterocycles. The minimum absolute atomic E-state index is 0.0971. The summed E-state index contributed by atoms with van der Waals surface area (Å²) in [6.07, 6.45) is -1.74. The largest absolute Gasteiger partial charge is 0.488 e. The lowest BCUT2D eigenvalue weighted by Crippen LogP contribution is -2.18. The lowest BCUT2D eigenvalue weighted by molar-refractivity contribution is 0.0867. The van der Waals surface area contributed by atoms with Crippen molar-refractivity contribution in [3.05, 3.63) is 28.2 Å². The van der Waals surface area contributed by atoms with Crippen LogP contribution in [0.25, 0.3) is 5.52 Å². The molecule has 0 bridgehead atoms. The van der Waals surface area contributed by atoms with Crippen LogP contribution in [0.4, 0.5) is 5.95 Å². The summed E-state index contributed by atoms with van der Waals surface area (Å²) in [5, 5.41) is 3.94. The van der Waals surface area contributed by atoms with E-state index in [1.807, 2.05) is 0 Å². The molecule has 0 saturated heterocycles. The molecule has 28 heavy (non-hydrogen) atoms. The quantitative estimate of drug-likeness (QED) is 0.268. The Morgan fingerprint density at radius 1 is 1.21 bits per heavy atom. The van der Waals surface area contributed by atoms with Crippen molar-refractivity contribution in [2.45, 2.75) is 19.4 Å². The van der Waals surface area contributed by atoms with Gasteiger partial charge in [-0.15, -0.1) is 5.10 Å². The van der Waals surface area contributed by atoms with Crippen LogP contribution in [-0.4, -0.2) is 46.6 Å². The number of hydrogen-bond donors (Lipinski definition) is 6. The van der Waals surface area contributed by atoms with Crippen LogP contribution in [0.3, 0.4) is 0 Å². The van der Waals surface area contributed by atoms with Crippen molar-refractivity contribution >= 4 is 34.7 Å². The number of anilines is 1. The number of phosphoric acid groups is 2. The average molecular weight is 462 g/mol. The highest BCUT2D eigenvalue weighted by Crippen LogP contribution is 2.65. The SMILES string of the molecule is CC(Cc1ccc2c(=O)[nH]c(N)nn12)OCP(=O)(O)OP(=O)(O)OP(=O)(O)O. The minimum atomic E-state index is -5.52. The number of aromatic amines is 1. The third-order valence-corrected chi connectivity index (χ3v) is 7.07. The summed E-state index contributed by atoms with van der Waals surface area (Å²) in [5.74, 6) is -0.125. The number of nitrogens with two attached hydrogens (primary N) is 1. The number of fused-ring (bicyclic) bond motifs is 1. The fraction of sp³-hybridized carbons (Fsp3) is 0.400. The third-order valence-electron chi connectivity index (χ3n) is 3.07. The molecule has 158 valence electrons. The van der Waals surface area contributed by atoms with E-state index in [0.29, 0.717) is 5.69 Å². The second-order valence-corrected chi connectivity index (χ2v) is 10.3. The zero-order valence-corrected chi connectivity index (χ0v) is 16.8. The number of nitrogens with one attached hydrogen (secondary N) is 1. The first-order valence-electron chi connectivity index (χ1n) is 7.28. The van der Waals surface area contributed by atoms with Gasteiger partial charge >= 0.3 is 23.2 Å². The van der Waals surface area contributed by atoms with Gasteiger partial charge in [-0.3, -0.25) is 14.3 Å². The highest BCUT2D eigenvalue weighted by atomic mass is 31.3. The fourth-order valence-corrected chi connectivity index (χ4v) is 5.52. The van der Waals surface area contributed by atoms with E-state index < -0.39 is 41.3 Å². The van der Waals surface area contributed by atoms with Gasteiger partial charge in [-0.1, -0.05) is 0 Å². The Balaban J connectivity index is 2.01. The van der Waals surface area contributed by atoms with E-state index in [2.05, 4.69) is 18.7 Å². The van der Waals surface area contributed by atoms with Crippen molar-refractivity contribution in [1.29, 1.82) is 0 Å². The Kier molecular flexibility index (Phi) is 6.68. The third kappa shape index (κ3) is 6.61. The number of H-pyrrole nitrogens is 1. The van der Waals surface area contributed by atoms with Gasteiger partial charge in [0.2, 0.25) is 5.95 Å². The Morgan fingerprint density at radius 2 is 1.86 bits per heavy atom. The molecule has 0 fully saturated rings. The molecular weight excluding hydrogens is 445 g/mol. The maximum absolute atomic E-state index is 11.8. The van der Waals surface area contributed by atoms with Crippen LogP contribution in [0, 0.1) is 0 Å². The molecular formula is C10H17N4O11P3. The summed E-state index contributed by atoms with van der Waals surface area (Å²) in [4.78, 5) is 49.6. The topological polar surface area (TPSA) is 236 Å². The van der Waals surface area contributed by atoms with E-state index in [9.17, 15) is 23.4 Å². The molecule has 7 N–H and O–H groups in total. The molecule has 0 amide bonds. The van der Waals surface area contributed by atoms with Crippen LogP contribution < -0.4 is 11.3 Å². The molecule has 0 aliphatic rings. The van der Waals surface area contributed by atoms with E-state index in [-0.39, 0.29) is 17.9 Å². The average Bonchev–Trinajstić information content (AvgIpc) is 2.84. The van der Waals surface area contributed by atoms with Crippen molar-refractivity contribution in [2.24, 2.45) is 0 Å². The number of nitrogen functional groups attached to an aromatic ring is 1. The summed E-state index contributed by atoms with van der Waals surface area (Å²) in [5.41, 5.74) is 5.70. The first kappa shape index (κ1) is 22.9. The predicted molar refractivity (Wildman–Crippen MR) is 93.2 cm³/mol. The number of hydrogen-bond acceptors (Lipinski definition) is 9. The molecule has 2 rings (SSSR count). The van der Waals surface area contributed by atoms with Crippen LogP contribution in [0.5, 0.6) is 0 Å². The molecule has 15 nitrogen and oxygen atoms in total. The van der Waals surface area contributed by atoms with Crippen molar-refractivity contribution in [3.63, 3.8) is 0 Å². The summed E-state index contributed by atoms with van der Waals surface area (Å²) >= 11 is 0. The smallest absolute Gasteiger partial charge is 0.368 e. The van der Waals surface area contributed by atoms with E-state index in [4.69, 9.17) is 25.2 Å². The van der Waals surface area contributed by atoms with Gasteiger partial charge in [0.25, 0.3) is 5.56 Å². The second-order valence-electron chi connectivity index (χ2n) is 5.53. The van der Waals surface area contributed by atoms with Gasteiger partial charge in [0.15, 0.2) is 0 Å². The fourth-order valence-electron chi connectivity index (χ4n) is 2.14. The predicted octanol–water partition coefficient (Wildman–Crippen LogP) is -0.0784. The lowest BCUT2D eigenvalue weighted by atomic mass is 10.2. The van der Waals surface area contributed by atoms with Gasteiger partial charge in [0.05, 0.1) is 6.10 Å². The number of aromatic nitrogens is 3. The van der Waals surface area contributed by atoms with Crippen molar-refractivity contribution < 1.29 is 46.6 Å². The lowest BCUT2D eigenvalue weighted by Gasteiger charge is -2.18. The van der Waals surface area contributed by atoms with Gasteiger partial charge in [-0.2, -0.15) is 4.31 Å². The first-order valence-corrected chi connectivity index (χ1v) is 12.1. The minimum Gasteiger partial charge on any atom is -0.368 e. The molecule has 0 radical (unpaired) electrons. The molecule has 3 unspecified atom stereocenters. The summed E-state index contributed by atoms with van der Waals surface area (Å²) in [6, 6.07) is 3.04. The van der Waals surface area contributed by atoms with Crippen molar-refractivity contribution in [2.75, 3.05) is 12.1 Å². The number of rotatable bonds is 9. The Bertz CT molecular complexity index is 1060. The maximum atomic E-state index is 11.8. The number of nitrogens with zero attached hydrogens (tertiary/aromatic N) is 2. The van der Waals surface area contributed by atoms with E-state index in [1.54, 1.807) is 6.07 Å². The van der Waals surface area contributed by atoms with Crippen LogP contribution in [0.15, 0.2) is 16.9 Å². The molecule has 0 aliphatic heterocycles. The van der Waals surface area contributed by atoms with Gasteiger partial charge in [0, 0.05) is 12.1 Å². The molecule has 2 aromatic heterocycles. The number of ether oxygens (including phenoxy) is 1. The zero-order valence-electron chi connectivity index (χ0n) is 14.1. The van der Waals surface area contributed by atoms with E-state index in [0.717, 1.165) is 0 Å². The van der Waals surface area contributed by atoms with Gasteiger partial charge in [-0.25, -0.2) is 18.0 Å². The standard InChI is InChI=1S/C10H17N4O11P3/c1-6(4-7-2-3-8-9(15)12-10(11)13-14(7)8)23-5-26(16,17)24-28(21,22)25-27(18,19)20/h2-3,6H,4-5H2,1H3,(H,16,17)(H,21,22)(H2,18,19,20)(H3,11,12,13,15). The van der Waals surface area contributed by atoms with Crippen LogP contribution in [0.1, 0.15) is 12.6 Å². The molecule has 18 heteroatoms. The highest BCUT2D eigenvalue weighted by Gasteiger charge is 2.39. The van der Waals surface area contributed by atoms with Crippen LogP contribution in [0.2, 0.25) is 0 Å². The zero-order chi connectivity index (χ0) is 21.3. The summed E-state index contributed by atoms with van der Waals surface area (Å²) in [6.45, 7) is 1.49. The first-order chi connectivity index (χ1) is 12.7. The Hall–Kier alpha value is -1.37. The van der Waals surface area contributed by atoms with Crippen molar-refractivity contribution in [3.8, 4) is 0 Å². The van der Waals surface area contributed by atoms with Gasteiger partial charge in [-0.05, 0) is 19.1 Å². The normalized spacial score (nSPS) is 17.9. The van der Waals surface area contributed by atoms with E-state index >= 15 is 0 Å². The molecule has 3 atom stereocenters. The Labute approximate surface area is 156 Å². The molecule has 0 aromatic carbocycles. The van der Waals surface area contributed by atoms with Gasteiger partial charge < -0.3 is 30.0 Å². The second kappa shape index (κ2) is 8.17. The molecule has 0 spiro atoms. The molecule has 2 aromatic rings. The van der Waals surface area contributed by atoms with E-state index in [1.165, 1.54) is 17.5 Å². The van der Waals surface area contributed by atoms with Crippen LogP contribution in [-0.2, 0) is 33.5 Å². The monoisotopic (exact) mass is 462 g/mol. The highest BCUT2D eigenvalue weighted by molar-refractivity contribution is 7.68. The molecule has 0 aliphatic carbocycles. The Morgan fingerprint density at radius 3 is 2.46 bits per heavy atom. The maximum Gasteiger partial charge on any atom is 0.488 e. The summed E-state index contributed by atoms with van der Waals surface area (Å²) < 4.78 is 47.3. The molecule has 0 saturated carbocycles.